The minimum atomic E-state index is -0.796. The lowest BCUT2D eigenvalue weighted by molar-refractivity contribution is -0.142. The molecule has 1 atom stereocenters. The Morgan fingerprint density at radius 3 is 2.41 bits per heavy atom. The summed E-state index contributed by atoms with van der Waals surface area (Å²) >= 11 is 0. The van der Waals surface area contributed by atoms with E-state index in [-0.39, 0.29) is 11.8 Å². The van der Waals surface area contributed by atoms with Gasteiger partial charge in [-0.05, 0) is 70.3 Å². The van der Waals surface area contributed by atoms with Crippen LogP contribution in [0.1, 0.15) is 92.4 Å². The Labute approximate surface area is 194 Å². The van der Waals surface area contributed by atoms with E-state index in [4.69, 9.17) is 5.11 Å². The summed E-state index contributed by atoms with van der Waals surface area (Å²) in [4.78, 5) is 22.0. The van der Waals surface area contributed by atoms with E-state index in [2.05, 4.69) is 45.9 Å². The molecule has 0 aromatic carbocycles. The monoisotopic (exact) mass is 442 g/mol. The first-order valence-corrected chi connectivity index (χ1v) is 11.9. The summed E-state index contributed by atoms with van der Waals surface area (Å²) in [6, 6.07) is 0. The number of carbonyl (C=O) groups is 2. The van der Waals surface area contributed by atoms with E-state index in [1.54, 1.807) is 0 Å². The molecule has 0 aromatic heterocycles. The second-order valence-corrected chi connectivity index (χ2v) is 9.75. The summed E-state index contributed by atoms with van der Waals surface area (Å²) in [7, 11) is 0. The van der Waals surface area contributed by atoms with Crippen molar-refractivity contribution in [3.63, 3.8) is 0 Å². The van der Waals surface area contributed by atoms with Crippen molar-refractivity contribution in [2.24, 2.45) is 11.3 Å². The molecule has 0 aliphatic heterocycles. The largest absolute Gasteiger partial charge is 0.481 e. The van der Waals surface area contributed by atoms with Gasteiger partial charge in [-0.15, -0.1) is 0 Å². The fourth-order valence-corrected chi connectivity index (χ4v) is 4.21. The van der Waals surface area contributed by atoms with Gasteiger partial charge >= 0.3 is 11.9 Å². The molecule has 0 spiro atoms. The van der Waals surface area contributed by atoms with Gasteiger partial charge in [0, 0.05) is 6.42 Å². The van der Waals surface area contributed by atoms with Crippen molar-refractivity contribution < 1.29 is 19.8 Å². The van der Waals surface area contributed by atoms with E-state index >= 15 is 0 Å². The summed E-state index contributed by atoms with van der Waals surface area (Å²) in [6.07, 6.45) is 19.6. The maximum atomic E-state index is 11.5. The maximum absolute atomic E-state index is 11.5. The first-order valence-electron chi connectivity index (χ1n) is 11.9. The van der Waals surface area contributed by atoms with E-state index in [1.165, 1.54) is 36.0 Å². The van der Waals surface area contributed by atoms with E-state index in [0.717, 1.165) is 18.4 Å². The molecule has 0 aromatic rings. The molecule has 0 saturated heterocycles. The number of unbranched alkanes of at least 4 members (excludes halogenated alkanes) is 2. The lowest BCUT2D eigenvalue weighted by atomic mass is 9.72. The molecule has 1 unspecified atom stereocenters. The molecule has 1 aliphatic rings. The van der Waals surface area contributed by atoms with E-state index in [1.807, 2.05) is 25.2 Å². The third-order valence-corrected chi connectivity index (χ3v) is 6.29. The van der Waals surface area contributed by atoms with Gasteiger partial charge in [0.1, 0.15) is 0 Å². The molecule has 0 amide bonds. The van der Waals surface area contributed by atoms with Crippen LogP contribution in [0, 0.1) is 11.3 Å². The SMILES string of the molecule is CC(C=C/C=C(/C)C=CC1=C(C)CCCC1(C)C)=CCC(CCCCCC(=O)O)C(=O)O. The Morgan fingerprint density at radius 2 is 1.78 bits per heavy atom. The number of allylic oxidation sites excluding steroid dienone is 10. The lowest BCUT2D eigenvalue weighted by Gasteiger charge is -2.32. The Balaban J connectivity index is 2.58. The number of hydrogen-bond acceptors (Lipinski definition) is 2. The van der Waals surface area contributed by atoms with Crippen molar-refractivity contribution in [1.29, 1.82) is 0 Å². The third kappa shape index (κ3) is 10.8. The molecule has 178 valence electrons. The zero-order valence-electron chi connectivity index (χ0n) is 20.6. The molecule has 0 fully saturated rings. The molecular weight excluding hydrogens is 400 g/mol. The van der Waals surface area contributed by atoms with Gasteiger partial charge in [-0.1, -0.05) is 79.9 Å². The van der Waals surface area contributed by atoms with Gasteiger partial charge in [0.25, 0.3) is 0 Å². The highest BCUT2D eigenvalue weighted by atomic mass is 16.4. The van der Waals surface area contributed by atoms with Crippen LogP contribution in [0.3, 0.4) is 0 Å². The molecule has 4 nitrogen and oxygen atoms in total. The zero-order chi connectivity index (χ0) is 24.1. The molecule has 1 rings (SSSR count). The number of hydrogen-bond donors (Lipinski definition) is 2. The minimum Gasteiger partial charge on any atom is -0.481 e. The molecular formula is C28H42O4. The van der Waals surface area contributed by atoms with Crippen molar-refractivity contribution in [2.75, 3.05) is 0 Å². The van der Waals surface area contributed by atoms with Crippen LogP contribution >= 0.6 is 0 Å². The highest BCUT2D eigenvalue weighted by Gasteiger charge is 2.26. The van der Waals surface area contributed by atoms with Crippen molar-refractivity contribution in [3.8, 4) is 0 Å². The van der Waals surface area contributed by atoms with Crippen molar-refractivity contribution in [2.45, 2.75) is 92.4 Å². The van der Waals surface area contributed by atoms with E-state index < -0.39 is 17.9 Å². The molecule has 1 aliphatic carbocycles. The summed E-state index contributed by atoms with van der Waals surface area (Å²) < 4.78 is 0. The predicted octanol–water partition coefficient (Wildman–Crippen LogP) is 7.64. The van der Waals surface area contributed by atoms with Crippen molar-refractivity contribution >= 4 is 11.9 Å². The fourth-order valence-electron chi connectivity index (χ4n) is 4.21. The molecule has 2 N–H and O–H groups in total. The average Bonchev–Trinajstić information content (AvgIpc) is 2.68. The summed E-state index contributed by atoms with van der Waals surface area (Å²) in [5.74, 6) is -2.00. The quantitative estimate of drug-likeness (QED) is 0.227. The maximum Gasteiger partial charge on any atom is 0.306 e. The van der Waals surface area contributed by atoms with Gasteiger partial charge < -0.3 is 10.2 Å². The van der Waals surface area contributed by atoms with Crippen LogP contribution < -0.4 is 0 Å². The van der Waals surface area contributed by atoms with Gasteiger partial charge in [-0.25, -0.2) is 0 Å². The van der Waals surface area contributed by atoms with Gasteiger partial charge in [-0.3, -0.25) is 9.59 Å². The van der Waals surface area contributed by atoms with E-state index in [9.17, 15) is 14.7 Å². The van der Waals surface area contributed by atoms with Crippen molar-refractivity contribution in [3.05, 3.63) is 58.7 Å². The van der Waals surface area contributed by atoms with Gasteiger partial charge in [0.05, 0.1) is 5.92 Å². The van der Waals surface area contributed by atoms with Gasteiger partial charge in [0.15, 0.2) is 0 Å². The second kappa shape index (κ2) is 13.9. The predicted molar refractivity (Wildman–Crippen MR) is 133 cm³/mol. The van der Waals surface area contributed by atoms with Crippen LogP contribution in [-0.4, -0.2) is 22.2 Å². The van der Waals surface area contributed by atoms with Gasteiger partial charge in [0.2, 0.25) is 0 Å². The lowest BCUT2D eigenvalue weighted by Crippen LogP contribution is -2.19. The molecule has 32 heavy (non-hydrogen) atoms. The molecule has 0 heterocycles. The topological polar surface area (TPSA) is 74.6 Å². The Hall–Kier alpha value is -2.36. The fraction of sp³-hybridized carbons (Fsp3) is 0.571. The highest BCUT2D eigenvalue weighted by Crippen LogP contribution is 2.40. The third-order valence-electron chi connectivity index (χ3n) is 6.29. The van der Waals surface area contributed by atoms with Crippen LogP contribution in [0.25, 0.3) is 0 Å². The van der Waals surface area contributed by atoms with Gasteiger partial charge in [-0.2, -0.15) is 0 Å². The van der Waals surface area contributed by atoms with Crippen LogP contribution in [0.4, 0.5) is 0 Å². The standard InChI is InChI=1S/C28H42O4/c1-21(16-18-24(27(31)32)14-7-6-8-15-26(29)30)11-9-12-22(2)17-19-25-23(3)13-10-20-28(25,4)5/h9,11-12,16-17,19,24H,6-8,10,13-15,18,20H2,1-5H3,(H,29,30)(H,31,32)/b11-9?,19-17?,21-16?,22-12-. The van der Waals surface area contributed by atoms with Crippen molar-refractivity contribution in [1.82, 2.24) is 0 Å². The van der Waals surface area contributed by atoms with Crippen LogP contribution in [-0.2, 0) is 9.59 Å². The summed E-state index contributed by atoms with van der Waals surface area (Å²) in [6.45, 7) is 11.0. The smallest absolute Gasteiger partial charge is 0.306 e. The second-order valence-electron chi connectivity index (χ2n) is 9.75. The Bertz CT molecular complexity index is 790. The zero-order valence-corrected chi connectivity index (χ0v) is 20.6. The number of carboxylic acid groups (broad SMARTS) is 2. The normalized spacial score (nSPS) is 18.5. The summed E-state index contributed by atoms with van der Waals surface area (Å²) in [5, 5.41) is 18.1. The van der Waals surface area contributed by atoms with Crippen LogP contribution in [0.5, 0.6) is 0 Å². The number of rotatable bonds is 13. The van der Waals surface area contributed by atoms with Crippen LogP contribution in [0.2, 0.25) is 0 Å². The first-order chi connectivity index (χ1) is 15.0. The first kappa shape index (κ1) is 27.7. The molecule has 4 heteroatoms. The van der Waals surface area contributed by atoms with E-state index in [0.29, 0.717) is 19.3 Å². The number of carboxylic acids is 2. The molecule has 0 bridgehead atoms. The molecule has 0 radical (unpaired) electrons. The average molecular weight is 443 g/mol. The minimum absolute atomic E-state index is 0.151. The summed E-state index contributed by atoms with van der Waals surface area (Å²) in [5.41, 5.74) is 5.42. The Kier molecular flexibility index (Phi) is 12.0. The Morgan fingerprint density at radius 1 is 1.06 bits per heavy atom. The highest BCUT2D eigenvalue weighted by molar-refractivity contribution is 5.70. The molecule has 0 saturated carbocycles. The van der Waals surface area contributed by atoms with Crippen LogP contribution in [0.15, 0.2) is 58.7 Å². The number of aliphatic carboxylic acids is 2.